The van der Waals surface area contributed by atoms with Gasteiger partial charge in [0, 0.05) is 19.5 Å². The van der Waals surface area contributed by atoms with Crippen LogP contribution in [0, 0.1) is 0 Å². The summed E-state index contributed by atoms with van der Waals surface area (Å²) in [7, 11) is 0. The Hall–Kier alpha value is -2.14. The zero-order valence-electron chi connectivity index (χ0n) is 14.7. The maximum absolute atomic E-state index is 12.1. The van der Waals surface area contributed by atoms with Gasteiger partial charge in [-0.05, 0) is 30.0 Å². The predicted octanol–water partition coefficient (Wildman–Crippen LogP) is 4.65. The van der Waals surface area contributed by atoms with Crippen molar-refractivity contribution in [2.75, 3.05) is 6.54 Å². The van der Waals surface area contributed by atoms with Gasteiger partial charge in [-0.1, -0.05) is 44.4 Å². The summed E-state index contributed by atoms with van der Waals surface area (Å²) >= 11 is 1.47. The molecule has 0 radical (unpaired) electrons. The molecular formula is C20H25N3OS. The van der Waals surface area contributed by atoms with Gasteiger partial charge in [-0.3, -0.25) is 4.79 Å². The first kappa shape index (κ1) is 17.7. The smallest absolute Gasteiger partial charge is 0.261 e. The van der Waals surface area contributed by atoms with Gasteiger partial charge in [0.1, 0.15) is 5.82 Å². The van der Waals surface area contributed by atoms with E-state index >= 15 is 0 Å². The lowest BCUT2D eigenvalue weighted by Crippen LogP contribution is -2.25. The molecule has 2 heterocycles. The van der Waals surface area contributed by atoms with Gasteiger partial charge in [0.05, 0.1) is 15.9 Å². The molecular weight excluding hydrogens is 330 g/mol. The SMILES string of the molecule is CCCCCCn1c(CCNC(=O)c2cccs2)nc2ccccc21. The molecule has 0 aliphatic rings. The van der Waals surface area contributed by atoms with Crippen LogP contribution in [0.3, 0.4) is 0 Å². The first-order valence-electron chi connectivity index (χ1n) is 9.05. The highest BCUT2D eigenvalue weighted by Crippen LogP contribution is 2.18. The van der Waals surface area contributed by atoms with Gasteiger partial charge in [0.15, 0.2) is 0 Å². The molecule has 0 aliphatic heterocycles. The third kappa shape index (κ3) is 4.48. The van der Waals surface area contributed by atoms with E-state index < -0.39 is 0 Å². The number of carbonyl (C=O) groups excluding carboxylic acids is 1. The average molecular weight is 356 g/mol. The van der Waals surface area contributed by atoms with Crippen LogP contribution in [0.2, 0.25) is 0 Å². The van der Waals surface area contributed by atoms with Gasteiger partial charge in [0.2, 0.25) is 0 Å². The number of hydrogen-bond acceptors (Lipinski definition) is 3. The minimum atomic E-state index is 0.000562. The van der Waals surface area contributed by atoms with E-state index in [0.29, 0.717) is 6.54 Å². The number of amides is 1. The number of hydrogen-bond donors (Lipinski definition) is 1. The Balaban J connectivity index is 1.66. The summed E-state index contributed by atoms with van der Waals surface area (Å²) in [4.78, 5) is 17.6. The number of imidazole rings is 1. The van der Waals surface area contributed by atoms with E-state index in [0.717, 1.165) is 29.2 Å². The van der Waals surface area contributed by atoms with Gasteiger partial charge < -0.3 is 9.88 Å². The van der Waals surface area contributed by atoms with Crippen LogP contribution in [-0.2, 0) is 13.0 Å². The van der Waals surface area contributed by atoms with E-state index in [1.807, 2.05) is 23.6 Å². The number of nitrogens with zero attached hydrogens (tertiary/aromatic N) is 2. The van der Waals surface area contributed by atoms with Crippen LogP contribution in [-0.4, -0.2) is 22.0 Å². The summed E-state index contributed by atoms with van der Waals surface area (Å²) in [5.41, 5.74) is 2.23. The van der Waals surface area contributed by atoms with Crippen LogP contribution in [0.25, 0.3) is 11.0 Å². The third-order valence-electron chi connectivity index (χ3n) is 4.35. The van der Waals surface area contributed by atoms with Crippen molar-refractivity contribution in [3.8, 4) is 0 Å². The lowest BCUT2D eigenvalue weighted by atomic mass is 10.2. The predicted molar refractivity (Wildman–Crippen MR) is 104 cm³/mol. The molecule has 1 N–H and O–H groups in total. The largest absolute Gasteiger partial charge is 0.351 e. The van der Waals surface area contributed by atoms with Crippen LogP contribution in [0.5, 0.6) is 0 Å². The van der Waals surface area contributed by atoms with Crippen LogP contribution < -0.4 is 5.32 Å². The molecule has 2 aromatic heterocycles. The molecule has 0 spiro atoms. The number of aryl methyl sites for hydroxylation is 1. The fourth-order valence-corrected chi connectivity index (χ4v) is 3.69. The second-order valence-electron chi connectivity index (χ2n) is 6.21. The molecule has 0 atom stereocenters. The Bertz CT molecular complexity index is 808. The second-order valence-corrected chi connectivity index (χ2v) is 7.16. The molecule has 0 aliphatic carbocycles. The van der Waals surface area contributed by atoms with Crippen molar-refractivity contribution in [2.45, 2.75) is 45.6 Å². The van der Waals surface area contributed by atoms with Crippen molar-refractivity contribution in [2.24, 2.45) is 0 Å². The standard InChI is InChI=1S/C20H25N3OS/c1-2-3-4-7-14-23-17-10-6-5-9-16(17)22-19(23)12-13-21-20(24)18-11-8-15-25-18/h5-6,8-11,15H,2-4,7,12-14H2,1H3,(H,21,24). The average Bonchev–Trinajstić information content (AvgIpc) is 3.27. The van der Waals surface area contributed by atoms with Gasteiger partial charge in [-0.25, -0.2) is 4.98 Å². The molecule has 3 aromatic rings. The molecule has 0 bridgehead atoms. The number of benzene rings is 1. The number of aromatic nitrogens is 2. The maximum Gasteiger partial charge on any atom is 0.261 e. The quantitative estimate of drug-likeness (QED) is 0.568. The lowest BCUT2D eigenvalue weighted by molar-refractivity contribution is 0.0958. The van der Waals surface area contributed by atoms with Crippen molar-refractivity contribution in [1.29, 1.82) is 0 Å². The van der Waals surface area contributed by atoms with Gasteiger partial charge >= 0.3 is 0 Å². The summed E-state index contributed by atoms with van der Waals surface area (Å²) in [5.74, 6) is 1.06. The Morgan fingerprint density at radius 3 is 2.84 bits per heavy atom. The zero-order chi connectivity index (χ0) is 17.5. The van der Waals surface area contributed by atoms with Gasteiger partial charge in [-0.2, -0.15) is 0 Å². The summed E-state index contributed by atoms with van der Waals surface area (Å²) in [5, 5.41) is 4.92. The topological polar surface area (TPSA) is 46.9 Å². The lowest BCUT2D eigenvalue weighted by Gasteiger charge is -2.09. The van der Waals surface area contributed by atoms with Crippen molar-refractivity contribution in [3.05, 3.63) is 52.5 Å². The van der Waals surface area contributed by atoms with Crippen molar-refractivity contribution in [3.63, 3.8) is 0 Å². The summed E-state index contributed by atoms with van der Waals surface area (Å²) < 4.78 is 2.32. The van der Waals surface area contributed by atoms with Crippen molar-refractivity contribution in [1.82, 2.24) is 14.9 Å². The van der Waals surface area contributed by atoms with Crippen molar-refractivity contribution >= 4 is 28.3 Å². The molecule has 1 aromatic carbocycles. The minimum absolute atomic E-state index is 0.000562. The molecule has 132 valence electrons. The number of unbranched alkanes of at least 4 members (excludes halogenated alkanes) is 3. The number of thiophene rings is 1. The number of para-hydroxylation sites is 2. The van der Waals surface area contributed by atoms with E-state index in [4.69, 9.17) is 4.98 Å². The van der Waals surface area contributed by atoms with Crippen molar-refractivity contribution < 1.29 is 4.79 Å². The van der Waals surface area contributed by atoms with Crippen LogP contribution in [0.15, 0.2) is 41.8 Å². The molecule has 0 saturated heterocycles. The Morgan fingerprint density at radius 2 is 2.04 bits per heavy atom. The minimum Gasteiger partial charge on any atom is -0.351 e. The monoisotopic (exact) mass is 355 g/mol. The summed E-state index contributed by atoms with van der Waals surface area (Å²) in [6.45, 7) is 3.83. The van der Waals surface area contributed by atoms with E-state index in [1.165, 1.54) is 42.5 Å². The summed E-state index contributed by atoms with van der Waals surface area (Å²) in [6, 6.07) is 12.0. The highest BCUT2D eigenvalue weighted by atomic mass is 32.1. The van der Waals surface area contributed by atoms with Gasteiger partial charge in [-0.15, -0.1) is 11.3 Å². The Morgan fingerprint density at radius 1 is 1.16 bits per heavy atom. The fourth-order valence-electron chi connectivity index (χ4n) is 3.05. The third-order valence-corrected chi connectivity index (χ3v) is 5.22. The fraction of sp³-hybridized carbons (Fsp3) is 0.400. The number of nitrogens with one attached hydrogen (secondary N) is 1. The number of fused-ring (bicyclic) bond motifs is 1. The highest BCUT2D eigenvalue weighted by molar-refractivity contribution is 7.12. The first-order chi connectivity index (χ1) is 12.3. The molecule has 3 rings (SSSR count). The highest BCUT2D eigenvalue weighted by Gasteiger charge is 2.11. The normalized spacial score (nSPS) is 11.1. The molecule has 0 fully saturated rings. The molecule has 25 heavy (non-hydrogen) atoms. The van der Waals surface area contributed by atoms with Gasteiger partial charge in [0.25, 0.3) is 5.91 Å². The Labute approximate surface area is 152 Å². The molecule has 0 unspecified atom stereocenters. The van der Waals surface area contributed by atoms with Crippen LogP contribution >= 0.6 is 11.3 Å². The first-order valence-corrected chi connectivity index (χ1v) is 9.93. The van der Waals surface area contributed by atoms with E-state index in [2.05, 4.69) is 35.0 Å². The van der Waals surface area contributed by atoms with E-state index in [1.54, 1.807) is 0 Å². The van der Waals surface area contributed by atoms with Crippen LogP contribution in [0.1, 0.15) is 48.1 Å². The Kier molecular flexibility index (Phi) is 6.23. The van der Waals surface area contributed by atoms with E-state index in [-0.39, 0.29) is 5.91 Å². The van der Waals surface area contributed by atoms with Crippen LogP contribution in [0.4, 0.5) is 0 Å². The zero-order valence-corrected chi connectivity index (χ0v) is 15.5. The number of carbonyl (C=O) groups is 1. The molecule has 0 saturated carbocycles. The molecule has 4 nitrogen and oxygen atoms in total. The molecule has 5 heteroatoms. The van der Waals surface area contributed by atoms with E-state index in [9.17, 15) is 4.79 Å². The summed E-state index contributed by atoms with van der Waals surface area (Å²) in [6.07, 6.45) is 5.69. The maximum atomic E-state index is 12.1. The second kappa shape index (κ2) is 8.81. The molecule has 1 amide bonds. The number of rotatable bonds is 9.